The summed E-state index contributed by atoms with van der Waals surface area (Å²) in [6.07, 6.45) is 1.25. The second-order valence-electron chi connectivity index (χ2n) is 4.03. The smallest absolute Gasteiger partial charge is 0.0893 e. The van der Waals surface area contributed by atoms with Gasteiger partial charge in [0.05, 0.1) is 6.10 Å². The third-order valence-electron chi connectivity index (χ3n) is 2.92. The monoisotopic (exact) mass is 224 g/mol. The van der Waals surface area contributed by atoms with E-state index in [1.54, 1.807) is 6.08 Å². The lowest BCUT2D eigenvalue weighted by molar-refractivity contribution is 0.162. The zero-order valence-corrected chi connectivity index (χ0v) is 9.66. The molecular weight excluding hydrogens is 208 g/mol. The van der Waals surface area contributed by atoms with Gasteiger partial charge in [0, 0.05) is 5.92 Å². The highest BCUT2D eigenvalue weighted by molar-refractivity contribution is 5.29. The molecule has 0 aliphatic rings. The van der Waals surface area contributed by atoms with Crippen LogP contribution in [0.1, 0.15) is 23.1 Å². The lowest BCUT2D eigenvalue weighted by Gasteiger charge is -2.20. The fraction of sp³-hybridized carbons (Fsp3) is 0.125. The molecule has 0 amide bonds. The van der Waals surface area contributed by atoms with Gasteiger partial charge in [-0.25, -0.2) is 0 Å². The van der Waals surface area contributed by atoms with Gasteiger partial charge in [0.25, 0.3) is 0 Å². The molecule has 0 bridgehead atoms. The molecular formula is C16H16O. The molecule has 2 rings (SSSR count). The van der Waals surface area contributed by atoms with E-state index in [0.717, 1.165) is 11.1 Å². The van der Waals surface area contributed by atoms with E-state index in [-0.39, 0.29) is 5.92 Å². The molecule has 0 aliphatic carbocycles. The van der Waals surface area contributed by atoms with Gasteiger partial charge in [-0.1, -0.05) is 66.7 Å². The SMILES string of the molecule is C=C[C@@H](c1ccccc1)C(O)c1ccccc1. The first-order valence-electron chi connectivity index (χ1n) is 5.73. The van der Waals surface area contributed by atoms with Gasteiger partial charge in [-0.15, -0.1) is 6.58 Å². The summed E-state index contributed by atoms with van der Waals surface area (Å²) in [5, 5.41) is 10.4. The van der Waals surface area contributed by atoms with Crippen molar-refractivity contribution in [3.05, 3.63) is 84.4 Å². The van der Waals surface area contributed by atoms with Crippen molar-refractivity contribution < 1.29 is 5.11 Å². The van der Waals surface area contributed by atoms with Crippen molar-refractivity contribution in [2.24, 2.45) is 0 Å². The summed E-state index contributed by atoms with van der Waals surface area (Å²) < 4.78 is 0. The number of benzene rings is 2. The minimum Gasteiger partial charge on any atom is -0.387 e. The van der Waals surface area contributed by atoms with Crippen molar-refractivity contribution in [2.75, 3.05) is 0 Å². The molecule has 1 heteroatoms. The molecule has 0 fully saturated rings. The molecule has 2 aromatic rings. The van der Waals surface area contributed by atoms with Crippen LogP contribution in [0.15, 0.2) is 73.3 Å². The van der Waals surface area contributed by atoms with Crippen molar-refractivity contribution in [3.63, 3.8) is 0 Å². The molecule has 0 spiro atoms. The van der Waals surface area contributed by atoms with Crippen LogP contribution in [0.3, 0.4) is 0 Å². The number of hydrogen-bond donors (Lipinski definition) is 1. The Morgan fingerprint density at radius 2 is 1.29 bits per heavy atom. The highest BCUT2D eigenvalue weighted by atomic mass is 16.3. The Hall–Kier alpha value is -1.86. The van der Waals surface area contributed by atoms with Gasteiger partial charge in [-0.2, -0.15) is 0 Å². The highest BCUT2D eigenvalue weighted by Crippen LogP contribution is 2.31. The van der Waals surface area contributed by atoms with Crippen LogP contribution in [0.2, 0.25) is 0 Å². The maximum absolute atomic E-state index is 10.4. The van der Waals surface area contributed by atoms with Crippen molar-refractivity contribution in [1.29, 1.82) is 0 Å². The summed E-state index contributed by atoms with van der Waals surface area (Å²) in [5.41, 5.74) is 2.00. The van der Waals surface area contributed by atoms with E-state index in [0.29, 0.717) is 0 Å². The van der Waals surface area contributed by atoms with Crippen LogP contribution in [0.5, 0.6) is 0 Å². The van der Waals surface area contributed by atoms with Crippen LogP contribution in [0.4, 0.5) is 0 Å². The van der Waals surface area contributed by atoms with Crippen LogP contribution in [-0.4, -0.2) is 5.11 Å². The van der Waals surface area contributed by atoms with Crippen molar-refractivity contribution in [2.45, 2.75) is 12.0 Å². The first-order chi connectivity index (χ1) is 8.33. The fourth-order valence-corrected chi connectivity index (χ4v) is 1.98. The average molecular weight is 224 g/mol. The summed E-state index contributed by atoms with van der Waals surface area (Å²) in [6.45, 7) is 3.82. The van der Waals surface area contributed by atoms with Crippen LogP contribution in [0, 0.1) is 0 Å². The molecule has 1 nitrogen and oxygen atoms in total. The molecule has 0 heterocycles. The summed E-state index contributed by atoms with van der Waals surface area (Å²) >= 11 is 0. The van der Waals surface area contributed by atoms with Gasteiger partial charge in [-0.05, 0) is 11.1 Å². The van der Waals surface area contributed by atoms with E-state index in [4.69, 9.17) is 0 Å². The van der Waals surface area contributed by atoms with Gasteiger partial charge < -0.3 is 5.11 Å². The van der Waals surface area contributed by atoms with Crippen LogP contribution < -0.4 is 0 Å². The molecule has 86 valence electrons. The number of aliphatic hydroxyl groups excluding tert-OH is 1. The second-order valence-corrected chi connectivity index (χ2v) is 4.03. The first-order valence-corrected chi connectivity index (χ1v) is 5.73. The van der Waals surface area contributed by atoms with E-state index < -0.39 is 6.10 Å². The summed E-state index contributed by atoms with van der Waals surface area (Å²) in [7, 11) is 0. The molecule has 2 atom stereocenters. The maximum Gasteiger partial charge on any atom is 0.0893 e. The van der Waals surface area contributed by atoms with E-state index in [9.17, 15) is 5.11 Å². The van der Waals surface area contributed by atoms with E-state index in [1.165, 1.54) is 0 Å². The van der Waals surface area contributed by atoms with Gasteiger partial charge in [0.15, 0.2) is 0 Å². The van der Waals surface area contributed by atoms with Gasteiger partial charge in [0.2, 0.25) is 0 Å². The molecule has 0 aliphatic heterocycles. The predicted octanol–water partition coefficient (Wildman–Crippen LogP) is 3.69. The quantitative estimate of drug-likeness (QED) is 0.785. The third-order valence-corrected chi connectivity index (χ3v) is 2.92. The molecule has 0 radical (unpaired) electrons. The lowest BCUT2D eigenvalue weighted by atomic mass is 9.89. The summed E-state index contributed by atoms with van der Waals surface area (Å²) in [6, 6.07) is 19.6. The van der Waals surface area contributed by atoms with E-state index in [2.05, 4.69) is 6.58 Å². The van der Waals surface area contributed by atoms with E-state index >= 15 is 0 Å². The first kappa shape index (κ1) is 11.6. The van der Waals surface area contributed by atoms with Gasteiger partial charge in [-0.3, -0.25) is 0 Å². The maximum atomic E-state index is 10.4. The normalized spacial score (nSPS) is 13.9. The highest BCUT2D eigenvalue weighted by Gasteiger charge is 2.19. The minimum atomic E-state index is -0.545. The predicted molar refractivity (Wildman–Crippen MR) is 70.8 cm³/mol. The van der Waals surface area contributed by atoms with Crippen molar-refractivity contribution >= 4 is 0 Å². The summed E-state index contributed by atoms with van der Waals surface area (Å²) in [4.78, 5) is 0. The van der Waals surface area contributed by atoms with Gasteiger partial charge >= 0.3 is 0 Å². The van der Waals surface area contributed by atoms with Crippen LogP contribution >= 0.6 is 0 Å². The Bertz CT molecular complexity index is 461. The zero-order valence-electron chi connectivity index (χ0n) is 9.66. The number of aliphatic hydroxyl groups is 1. The molecule has 0 saturated carbocycles. The standard InChI is InChI=1S/C16H16O/c1-2-15(13-9-5-3-6-10-13)16(17)14-11-7-4-8-12-14/h2-12,15-17H,1H2/t15-,16?/m0/s1. The van der Waals surface area contributed by atoms with E-state index in [1.807, 2.05) is 60.7 Å². The molecule has 0 aromatic heterocycles. The molecule has 0 saturated heterocycles. The second kappa shape index (κ2) is 5.46. The molecule has 17 heavy (non-hydrogen) atoms. The zero-order chi connectivity index (χ0) is 12.1. The fourth-order valence-electron chi connectivity index (χ4n) is 1.98. The largest absolute Gasteiger partial charge is 0.387 e. The molecule has 2 aromatic carbocycles. The molecule has 1 N–H and O–H groups in total. The van der Waals surface area contributed by atoms with Crippen molar-refractivity contribution in [3.8, 4) is 0 Å². The summed E-state index contributed by atoms with van der Waals surface area (Å²) in [5.74, 6) is -0.0707. The Balaban J connectivity index is 2.28. The molecule has 1 unspecified atom stereocenters. The van der Waals surface area contributed by atoms with Gasteiger partial charge in [0.1, 0.15) is 0 Å². The minimum absolute atomic E-state index is 0.0707. The Morgan fingerprint density at radius 3 is 1.76 bits per heavy atom. The lowest BCUT2D eigenvalue weighted by Crippen LogP contribution is -2.08. The topological polar surface area (TPSA) is 20.2 Å². The third kappa shape index (κ3) is 2.63. The number of rotatable bonds is 4. The number of hydrogen-bond acceptors (Lipinski definition) is 1. The Kier molecular flexibility index (Phi) is 3.73. The Labute approximate surface area is 102 Å². The Morgan fingerprint density at radius 1 is 0.824 bits per heavy atom. The average Bonchev–Trinajstić information content (AvgIpc) is 2.42. The van der Waals surface area contributed by atoms with Crippen LogP contribution in [-0.2, 0) is 0 Å². The van der Waals surface area contributed by atoms with Crippen molar-refractivity contribution in [1.82, 2.24) is 0 Å². The van der Waals surface area contributed by atoms with Crippen LogP contribution in [0.25, 0.3) is 0 Å².